The van der Waals surface area contributed by atoms with E-state index in [4.69, 9.17) is 0 Å². The minimum atomic E-state index is 0.0123. The van der Waals surface area contributed by atoms with E-state index in [2.05, 4.69) is 25.1 Å². The Hall–Kier alpha value is -1.96. The summed E-state index contributed by atoms with van der Waals surface area (Å²) in [5.41, 5.74) is 0.534. The summed E-state index contributed by atoms with van der Waals surface area (Å²) in [5, 5.41) is 14.7. The number of piperidine rings is 1. The normalized spacial score (nSPS) is 20.4. The molecule has 1 unspecified atom stereocenters. The Labute approximate surface area is 151 Å². The number of carbonyl (C=O) groups is 1. The van der Waals surface area contributed by atoms with Gasteiger partial charge in [0.15, 0.2) is 11.0 Å². The fraction of sp³-hybridized carbons (Fsp3) is 0.647. The molecule has 1 N–H and O–H groups in total. The first-order chi connectivity index (χ1) is 12.3. The number of aromatic nitrogens is 4. The molecule has 0 saturated carbocycles. The second-order valence-corrected chi connectivity index (χ2v) is 7.52. The summed E-state index contributed by atoms with van der Waals surface area (Å²) in [5.74, 6) is 2.05. The van der Waals surface area contributed by atoms with Crippen molar-refractivity contribution in [3.8, 4) is 0 Å². The molecule has 0 aromatic carbocycles. The first-order valence-electron chi connectivity index (χ1n) is 9.20. The van der Waals surface area contributed by atoms with Gasteiger partial charge in [0.1, 0.15) is 11.5 Å². The molecule has 1 atom stereocenters. The van der Waals surface area contributed by atoms with E-state index in [0.29, 0.717) is 5.69 Å². The largest absolute Gasteiger partial charge is 0.362 e. The molecule has 4 rings (SSSR count). The third-order valence-corrected chi connectivity index (χ3v) is 5.80. The van der Waals surface area contributed by atoms with Gasteiger partial charge in [0.25, 0.3) is 5.91 Å². The molecule has 4 heterocycles. The van der Waals surface area contributed by atoms with Crippen LogP contribution in [0.15, 0.2) is 5.38 Å². The molecule has 25 heavy (non-hydrogen) atoms. The van der Waals surface area contributed by atoms with Gasteiger partial charge < -0.3 is 14.8 Å². The number of aryl methyl sites for hydroxylation is 1. The second kappa shape index (κ2) is 7.11. The summed E-state index contributed by atoms with van der Waals surface area (Å²) in [6.07, 6.45) is 6.44. The number of thiazole rings is 1. The number of anilines is 1. The minimum Gasteiger partial charge on any atom is -0.362 e. The fourth-order valence-corrected chi connectivity index (χ4v) is 4.53. The maximum Gasteiger partial charge on any atom is 0.274 e. The molecule has 1 amide bonds. The molecule has 2 aliphatic rings. The van der Waals surface area contributed by atoms with E-state index in [1.54, 1.807) is 0 Å². The first kappa shape index (κ1) is 16.5. The predicted octanol–water partition coefficient (Wildman–Crippen LogP) is 2.87. The quantitative estimate of drug-likeness (QED) is 0.907. The second-order valence-electron chi connectivity index (χ2n) is 6.66. The molecule has 8 heteroatoms. The highest BCUT2D eigenvalue weighted by Crippen LogP contribution is 2.33. The number of carbonyl (C=O) groups excluding carboxylic acids is 1. The lowest BCUT2D eigenvalue weighted by Gasteiger charge is -2.35. The molecule has 1 saturated heterocycles. The van der Waals surface area contributed by atoms with Crippen molar-refractivity contribution in [2.24, 2.45) is 0 Å². The molecule has 2 aliphatic heterocycles. The summed E-state index contributed by atoms with van der Waals surface area (Å²) in [7, 11) is 0. The van der Waals surface area contributed by atoms with Gasteiger partial charge in [0.05, 0.1) is 6.04 Å². The Bertz CT molecular complexity index is 754. The molecular weight excluding hydrogens is 336 g/mol. The van der Waals surface area contributed by atoms with E-state index in [1.807, 2.05) is 17.2 Å². The van der Waals surface area contributed by atoms with Crippen LogP contribution in [0.3, 0.4) is 0 Å². The smallest absolute Gasteiger partial charge is 0.274 e. The highest BCUT2D eigenvalue weighted by molar-refractivity contribution is 7.13. The molecule has 1 fully saturated rings. The molecular formula is C17H24N6OS. The zero-order valence-electron chi connectivity index (χ0n) is 14.6. The Morgan fingerprint density at radius 2 is 2.16 bits per heavy atom. The van der Waals surface area contributed by atoms with Gasteiger partial charge in [0.2, 0.25) is 0 Å². The van der Waals surface area contributed by atoms with E-state index < -0.39 is 0 Å². The Kier molecular flexibility index (Phi) is 4.70. The Morgan fingerprint density at radius 3 is 3.04 bits per heavy atom. The summed E-state index contributed by atoms with van der Waals surface area (Å²) < 4.78 is 2.24. The third-order valence-electron chi connectivity index (χ3n) is 5.00. The number of hydrogen-bond acceptors (Lipinski definition) is 6. The maximum atomic E-state index is 13.1. The van der Waals surface area contributed by atoms with Gasteiger partial charge in [-0.3, -0.25) is 4.79 Å². The van der Waals surface area contributed by atoms with Crippen LogP contribution in [0.2, 0.25) is 0 Å². The van der Waals surface area contributed by atoms with Gasteiger partial charge in [-0.1, -0.05) is 0 Å². The first-order valence-corrected chi connectivity index (χ1v) is 10.1. The molecule has 0 radical (unpaired) electrons. The number of nitrogens with zero attached hydrogens (tertiary/aromatic N) is 5. The van der Waals surface area contributed by atoms with Crippen LogP contribution in [0.4, 0.5) is 5.13 Å². The Morgan fingerprint density at radius 1 is 1.28 bits per heavy atom. The van der Waals surface area contributed by atoms with Crippen molar-refractivity contribution >= 4 is 22.4 Å². The van der Waals surface area contributed by atoms with Crippen LogP contribution >= 0.6 is 11.3 Å². The van der Waals surface area contributed by atoms with Crippen LogP contribution in [0, 0.1) is 0 Å². The number of rotatable bonds is 4. The van der Waals surface area contributed by atoms with Gasteiger partial charge in [-0.2, -0.15) is 0 Å². The number of amides is 1. The monoisotopic (exact) mass is 360 g/mol. The van der Waals surface area contributed by atoms with E-state index in [9.17, 15) is 4.79 Å². The average molecular weight is 360 g/mol. The van der Waals surface area contributed by atoms with Crippen LogP contribution in [-0.4, -0.2) is 43.6 Å². The molecule has 0 aliphatic carbocycles. The maximum absolute atomic E-state index is 13.1. The van der Waals surface area contributed by atoms with E-state index in [-0.39, 0.29) is 11.9 Å². The standard InChI is InChI=1S/C17H24N6OS/c1-2-18-17-19-12(11-25-17)16(24)22-9-5-3-7-13(22)15-21-20-14-8-4-6-10-23(14)15/h11,13H,2-10H2,1H3,(H,18,19). The molecule has 134 valence electrons. The van der Waals surface area contributed by atoms with Crippen LogP contribution in [0.25, 0.3) is 0 Å². The lowest BCUT2D eigenvalue weighted by atomic mass is 10.0. The number of nitrogens with one attached hydrogen (secondary N) is 1. The zero-order chi connectivity index (χ0) is 17.2. The summed E-state index contributed by atoms with van der Waals surface area (Å²) in [4.78, 5) is 19.5. The van der Waals surface area contributed by atoms with Crippen LogP contribution in [0.5, 0.6) is 0 Å². The Balaban J connectivity index is 1.60. The van der Waals surface area contributed by atoms with E-state index >= 15 is 0 Å². The van der Waals surface area contributed by atoms with Gasteiger partial charge in [-0.25, -0.2) is 4.98 Å². The molecule has 7 nitrogen and oxygen atoms in total. The number of likely N-dealkylation sites (tertiary alicyclic amines) is 1. The van der Waals surface area contributed by atoms with Crippen molar-refractivity contribution < 1.29 is 4.79 Å². The number of fused-ring (bicyclic) bond motifs is 1. The van der Waals surface area contributed by atoms with E-state index in [0.717, 1.165) is 68.5 Å². The SMILES string of the molecule is CCNc1nc(C(=O)N2CCCCC2c2nnc3n2CCCC3)cs1. The van der Waals surface area contributed by atoms with E-state index in [1.165, 1.54) is 17.8 Å². The summed E-state index contributed by atoms with van der Waals surface area (Å²) in [6, 6.07) is 0.0184. The molecule has 2 aromatic rings. The predicted molar refractivity (Wildman–Crippen MR) is 96.9 cm³/mol. The van der Waals surface area contributed by atoms with Crippen LogP contribution in [-0.2, 0) is 13.0 Å². The van der Waals surface area contributed by atoms with Crippen molar-refractivity contribution in [3.63, 3.8) is 0 Å². The zero-order valence-corrected chi connectivity index (χ0v) is 15.4. The van der Waals surface area contributed by atoms with Gasteiger partial charge in [-0.15, -0.1) is 21.5 Å². The van der Waals surface area contributed by atoms with Crippen molar-refractivity contribution in [3.05, 3.63) is 22.7 Å². The molecule has 0 bridgehead atoms. The fourth-order valence-electron chi connectivity index (χ4n) is 3.77. The van der Waals surface area contributed by atoms with Crippen molar-refractivity contribution in [1.82, 2.24) is 24.6 Å². The van der Waals surface area contributed by atoms with Gasteiger partial charge in [0, 0.05) is 31.4 Å². The third kappa shape index (κ3) is 3.15. The highest BCUT2D eigenvalue weighted by Gasteiger charge is 2.34. The average Bonchev–Trinajstić information content (AvgIpc) is 3.28. The van der Waals surface area contributed by atoms with Crippen molar-refractivity contribution in [2.45, 2.75) is 58.0 Å². The molecule has 2 aromatic heterocycles. The minimum absolute atomic E-state index is 0.0123. The van der Waals surface area contributed by atoms with Crippen molar-refractivity contribution in [1.29, 1.82) is 0 Å². The van der Waals surface area contributed by atoms with Gasteiger partial charge in [-0.05, 0) is 39.0 Å². The highest BCUT2D eigenvalue weighted by atomic mass is 32.1. The topological polar surface area (TPSA) is 75.9 Å². The van der Waals surface area contributed by atoms with Gasteiger partial charge >= 0.3 is 0 Å². The summed E-state index contributed by atoms with van der Waals surface area (Å²) in [6.45, 7) is 4.56. The lowest BCUT2D eigenvalue weighted by molar-refractivity contribution is 0.0588. The lowest BCUT2D eigenvalue weighted by Crippen LogP contribution is -2.40. The van der Waals surface area contributed by atoms with Crippen molar-refractivity contribution in [2.75, 3.05) is 18.4 Å². The van der Waals surface area contributed by atoms with Crippen LogP contribution in [0.1, 0.15) is 67.2 Å². The molecule has 0 spiro atoms. The van der Waals surface area contributed by atoms with Crippen LogP contribution < -0.4 is 5.32 Å². The number of hydrogen-bond donors (Lipinski definition) is 1. The summed E-state index contributed by atoms with van der Waals surface area (Å²) >= 11 is 1.49.